The van der Waals surface area contributed by atoms with E-state index in [9.17, 15) is 0 Å². The summed E-state index contributed by atoms with van der Waals surface area (Å²) in [7, 11) is 0. The molecule has 0 bridgehead atoms. The fourth-order valence-electron chi connectivity index (χ4n) is 2.95. The highest BCUT2D eigenvalue weighted by atomic mass is 16.5. The molecular formula is C18H28N2O. The quantitative estimate of drug-likeness (QED) is 0.871. The summed E-state index contributed by atoms with van der Waals surface area (Å²) in [5, 5.41) is 3.57. The van der Waals surface area contributed by atoms with Crippen LogP contribution in [0.25, 0.3) is 0 Å². The average Bonchev–Trinajstić information content (AvgIpc) is 3.29. The number of nitrogens with zero attached hydrogens (tertiary/aromatic N) is 1. The van der Waals surface area contributed by atoms with Crippen molar-refractivity contribution < 1.29 is 4.74 Å². The zero-order valence-corrected chi connectivity index (χ0v) is 13.3. The summed E-state index contributed by atoms with van der Waals surface area (Å²) in [5.74, 6) is 0. The van der Waals surface area contributed by atoms with Crippen molar-refractivity contribution in [3.63, 3.8) is 0 Å². The van der Waals surface area contributed by atoms with Crippen molar-refractivity contribution >= 4 is 0 Å². The number of hydrogen-bond acceptors (Lipinski definition) is 3. The number of morpholine rings is 1. The van der Waals surface area contributed by atoms with Crippen LogP contribution in [0.5, 0.6) is 0 Å². The normalized spacial score (nSPS) is 27.0. The molecule has 3 heteroatoms. The lowest BCUT2D eigenvalue weighted by atomic mass is 10.1. The Bertz CT molecular complexity index is 441. The Hall–Kier alpha value is -0.900. The van der Waals surface area contributed by atoms with E-state index in [1.165, 1.54) is 24.0 Å². The van der Waals surface area contributed by atoms with Crippen LogP contribution < -0.4 is 5.32 Å². The molecule has 1 aromatic carbocycles. The number of ether oxygens (including phenoxy) is 1. The second kappa shape index (κ2) is 6.91. The van der Waals surface area contributed by atoms with Crippen molar-refractivity contribution in [1.82, 2.24) is 10.2 Å². The average molecular weight is 288 g/mol. The third kappa shape index (κ3) is 4.53. The summed E-state index contributed by atoms with van der Waals surface area (Å²) < 4.78 is 5.70. The highest BCUT2D eigenvalue weighted by Gasteiger charge is 2.23. The third-order valence-corrected chi connectivity index (χ3v) is 4.57. The second-order valence-electron chi connectivity index (χ2n) is 6.72. The van der Waals surface area contributed by atoms with Crippen LogP contribution in [0.15, 0.2) is 24.3 Å². The van der Waals surface area contributed by atoms with E-state index in [0.29, 0.717) is 12.1 Å². The van der Waals surface area contributed by atoms with Crippen molar-refractivity contribution in [2.45, 2.75) is 57.8 Å². The molecule has 2 fully saturated rings. The summed E-state index contributed by atoms with van der Waals surface area (Å²) >= 11 is 0. The van der Waals surface area contributed by atoms with Gasteiger partial charge >= 0.3 is 0 Å². The first-order chi connectivity index (χ1) is 10.2. The van der Waals surface area contributed by atoms with Crippen LogP contribution >= 0.6 is 0 Å². The van der Waals surface area contributed by atoms with Gasteiger partial charge in [0.05, 0.1) is 12.7 Å². The predicted octanol–water partition coefficient (Wildman–Crippen LogP) is 2.59. The fraction of sp³-hybridized carbons (Fsp3) is 0.667. The Morgan fingerprint density at radius 2 is 1.86 bits per heavy atom. The lowest BCUT2D eigenvalue weighted by Gasteiger charge is -2.36. The number of rotatable bonds is 6. The van der Waals surface area contributed by atoms with Gasteiger partial charge in [-0.15, -0.1) is 0 Å². The Morgan fingerprint density at radius 1 is 1.14 bits per heavy atom. The molecule has 1 aliphatic heterocycles. The van der Waals surface area contributed by atoms with Gasteiger partial charge in [0.25, 0.3) is 0 Å². The van der Waals surface area contributed by atoms with Crippen LogP contribution in [0, 0.1) is 0 Å². The highest BCUT2D eigenvalue weighted by molar-refractivity contribution is 5.23. The first-order valence-corrected chi connectivity index (χ1v) is 8.37. The molecule has 1 saturated heterocycles. The molecule has 0 amide bonds. The molecule has 1 aliphatic carbocycles. The van der Waals surface area contributed by atoms with Crippen molar-refractivity contribution in [1.29, 1.82) is 0 Å². The van der Waals surface area contributed by atoms with E-state index in [1.807, 2.05) is 0 Å². The highest BCUT2D eigenvalue weighted by Crippen LogP contribution is 2.19. The van der Waals surface area contributed by atoms with Crippen molar-refractivity contribution in [2.24, 2.45) is 0 Å². The van der Waals surface area contributed by atoms with E-state index in [1.54, 1.807) is 0 Å². The van der Waals surface area contributed by atoms with Crippen LogP contribution in [0.1, 0.15) is 37.8 Å². The first kappa shape index (κ1) is 15.0. The molecule has 2 atom stereocenters. The maximum atomic E-state index is 5.70. The summed E-state index contributed by atoms with van der Waals surface area (Å²) in [4.78, 5) is 2.53. The van der Waals surface area contributed by atoms with Gasteiger partial charge in [0.15, 0.2) is 0 Å². The van der Waals surface area contributed by atoms with Crippen LogP contribution in [-0.4, -0.2) is 42.8 Å². The Balaban J connectivity index is 1.48. The molecular weight excluding hydrogens is 260 g/mol. The van der Waals surface area contributed by atoms with Gasteiger partial charge in [0.1, 0.15) is 0 Å². The van der Waals surface area contributed by atoms with Gasteiger partial charge in [-0.05, 0) is 50.8 Å². The van der Waals surface area contributed by atoms with Gasteiger partial charge in [0.2, 0.25) is 0 Å². The van der Waals surface area contributed by atoms with Crippen molar-refractivity contribution in [3.8, 4) is 0 Å². The number of benzene rings is 1. The molecule has 2 unspecified atom stereocenters. The molecule has 116 valence electrons. The monoisotopic (exact) mass is 288 g/mol. The standard InChI is InChI=1S/C18H28N2O/c1-14-13-21-15(2)11-20(14)12-17-5-3-16(4-6-17)9-10-19-18-7-8-18/h3-6,14-15,18-19H,7-13H2,1-2H3. The molecule has 0 spiro atoms. The van der Waals surface area contributed by atoms with Gasteiger partial charge in [-0.1, -0.05) is 24.3 Å². The number of hydrogen-bond donors (Lipinski definition) is 1. The fourth-order valence-corrected chi connectivity index (χ4v) is 2.95. The topological polar surface area (TPSA) is 24.5 Å². The van der Waals surface area contributed by atoms with Crippen LogP contribution in [0.3, 0.4) is 0 Å². The summed E-state index contributed by atoms with van der Waals surface area (Å²) in [6, 6.07) is 10.5. The molecule has 1 heterocycles. The molecule has 1 aromatic rings. The minimum absolute atomic E-state index is 0.356. The van der Waals surface area contributed by atoms with Gasteiger partial charge in [0, 0.05) is 25.2 Å². The van der Waals surface area contributed by atoms with E-state index >= 15 is 0 Å². The second-order valence-corrected chi connectivity index (χ2v) is 6.72. The van der Waals surface area contributed by atoms with Crippen LogP contribution in [0.2, 0.25) is 0 Å². The van der Waals surface area contributed by atoms with Crippen molar-refractivity contribution in [2.75, 3.05) is 19.7 Å². The van der Waals surface area contributed by atoms with Gasteiger partial charge in [-0.3, -0.25) is 4.90 Å². The summed E-state index contributed by atoms with van der Waals surface area (Å²) in [5.41, 5.74) is 2.85. The summed E-state index contributed by atoms with van der Waals surface area (Å²) in [6.45, 7) is 8.45. The molecule has 1 saturated carbocycles. The van der Waals surface area contributed by atoms with E-state index < -0.39 is 0 Å². The lowest BCUT2D eigenvalue weighted by Crippen LogP contribution is -2.46. The Kier molecular flexibility index (Phi) is 4.94. The van der Waals surface area contributed by atoms with E-state index in [2.05, 4.69) is 48.3 Å². The van der Waals surface area contributed by atoms with Gasteiger partial charge in [-0.25, -0.2) is 0 Å². The predicted molar refractivity (Wildman–Crippen MR) is 86.5 cm³/mol. The molecule has 0 aromatic heterocycles. The molecule has 21 heavy (non-hydrogen) atoms. The zero-order valence-electron chi connectivity index (χ0n) is 13.3. The summed E-state index contributed by atoms with van der Waals surface area (Å²) in [6.07, 6.45) is 4.24. The van der Waals surface area contributed by atoms with Gasteiger partial charge in [-0.2, -0.15) is 0 Å². The minimum Gasteiger partial charge on any atom is -0.376 e. The molecule has 3 nitrogen and oxygen atoms in total. The molecule has 1 N–H and O–H groups in total. The van der Waals surface area contributed by atoms with Crippen molar-refractivity contribution in [3.05, 3.63) is 35.4 Å². The van der Waals surface area contributed by atoms with Gasteiger partial charge < -0.3 is 10.1 Å². The Labute approximate surface area is 128 Å². The van der Waals surface area contributed by atoms with E-state index in [0.717, 1.165) is 38.7 Å². The lowest BCUT2D eigenvalue weighted by molar-refractivity contribution is -0.0526. The molecule has 0 radical (unpaired) electrons. The maximum Gasteiger partial charge on any atom is 0.0674 e. The molecule has 2 aliphatic rings. The van der Waals surface area contributed by atoms with E-state index in [4.69, 9.17) is 4.74 Å². The third-order valence-electron chi connectivity index (χ3n) is 4.57. The number of nitrogens with one attached hydrogen (secondary N) is 1. The smallest absolute Gasteiger partial charge is 0.0674 e. The molecule has 3 rings (SSSR count). The van der Waals surface area contributed by atoms with Crippen LogP contribution in [0.4, 0.5) is 0 Å². The maximum absolute atomic E-state index is 5.70. The minimum atomic E-state index is 0.356. The van der Waals surface area contributed by atoms with E-state index in [-0.39, 0.29) is 0 Å². The first-order valence-electron chi connectivity index (χ1n) is 8.37. The zero-order chi connectivity index (χ0) is 14.7. The Morgan fingerprint density at radius 3 is 2.57 bits per heavy atom. The SMILES string of the molecule is CC1CN(Cc2ccc(CCNC3CC3)cc2)C(C)CO1. The van der Waals surface area contributed by atoms with Crippen LogP contribution in [-0.2, 0) is 17.7 Å². The largest absolute Gasteiger partial charge is 0.376 e.